The van der Waals surface area contributed by atoms with E-state index in [4.69, 9.17) is 16.6 Å². The van der Waals surface area contributed by atoms with Crippen LogP contribution < -0.4 is 5.32 Å². The molecule has 4 aromatic rings. The van der Waals surface area contributed by atoms with Crippen molar-refractivity contribution in [2.24, 2.45) is 5.92 Å². The van der Waals surface area contributed by atoms with E-state index in [-0.39, 0.29) is 5.91 Å². The third-order valence-electron chi connectivity index (χ3n) is 6.29. The highest BCUT2D eigenvalue weighted by molar-refractivity contribution is 9.10. The van der Waals surface area contributed by atoms with Crippen molar-refractivity contribution in [1.82, 2.24) is 19.5 Å². The quantitative estimate of drug-likeness (QED) is 0.291. The number of carbonyl (C=O) groups excluding carboxylic acids is 1. The van der Waals surface area contributed by atoms with Gasteiger partial charge in [-0.3, -0.25) is 4.79 Å². The summed E-state index contributed by atoms with van der Waals surface area (Å²) < 4.78 is 2.63. The molecule has 0 spiro atoms. The zero-order valence-electron chi connectivity index (χ0n) is 19.1. The number of hydrogen-bond donors (Lipinski definition) is 1. The number of likely N-dealkylation sites (tertiary alicyclic amines) is 1. The van der Waals surface area contributed by atoms with Crippen molar-refractivity contribution in [3.8, 4) is 11.3 Å². The number of hydrogen-bond acceptors (Lipinski definition) is 4. The predicted octanol–water partition coefficient (Wildman–Crippen LogP) is 6.18. The summed E-state index contributed by atoms with van der Waals surface area (Å²) in [4.78, 5) is 19.3. The molecule has 6 nitrogen and oxygen atoms in total. The average Bonchev–Trinajstić information content (AvgIpc) is 3.27. The Hall–Kier alpha value is -3.16. The summed E-state index contributed by atoms with van der Waals surface area (Å²) in [7, 11) is 0. The van der Waals surface area contributed by atoms with Crippen LogP contribution in [0.2, 0.25) is 5.02 Å². The van der Waals surface area contributed by atoms with Gasteiger partial charge >= 0.3 is 0 Å². The first-order valence-electron chi connectivity index (χ1n) is 11.6. The highest BCUT2D eigenvalue weighted by atomic mass is 79.9. The van der Waals surface area contributed by atoms with E-state index in [0.717, 1.165) is 65.2 Å². The molecule has 0 aliphatic carbocycles. The maximum absolute atomic E-state index is 12.6. The summed E-state index contributed by atoms with van der Waals surface area (Å²) in [6, 6.07) is 19.6. The van der Waals surface area contributed by atoms with Crippen molar-refractivity contribution in [2.75, 3.05) is 25.0 Å². The van der Waals surface area contributed by atoms with Crippen LogP contribution >= 0.6 is 27.5 Å². The number of rotatable bonds is 6. The van der Waals surface area contributed by atoms with Crippen LogP contribution in [0.3, 0.4) is 0 Å². The van der Waals surface area contributed by atoms with E-state index in [1.165, 1.54) is 0 Å². The van der Waals surface area contributed by atoms with E-state index < -0.39 is 0 Å². The number of nitrogens with one attached hydrogen (secondary N) is 1. The minimum atomic E-state index is 0.0712. The Balaban J connectivity index is 1.24. The molecule has 178 valence electrons. The fourth-order valence-corrected chi connectivity index (χ4v) is 4.89. The second-order valence-corrected chi connectivity index (χ2v) is 9.89. The average molecular weight is 551 g/mol. The van der Waals surface area contributed by atoms with Crippen LogP contribution in [0, 0.1) is 5.92 Å². The van der Waals surface area contributed by atoms with Crippen LogP contribution in [-0.4, -0.2) is 45.0 Å². The second-order valence-electron chi connectivity index (χ2n) is 8.63. The molecule has 0 radical (unpaired) electrons. The largest absolute Gasteiger partial charge is 0.370 e. The normalized spacial score (nSPS) is 14.6. The van der Waals surface area contributed by atoms with Gasteiger partial charge in [0.25, 0.3) is 0 Å². The topological polar surface area (TPSA) is 62.5 Å². The molecule has 2 aromatic heterocycles. The van der Waals surface area contributed by atoms with E-state index in [1.807, 2.05) is 71.6 Å². The summed E-state index contributed by atoms with van der Waals surface area (Å²) in [5, 5.41) is 8.70. The molecule has 0 bridgehead atoms. The molecule has 0 saturated carbocycles. The van der Waals surface area contributed by atoms with Gasteiger partial charge in [0, 0.05) is 42.4 Å². The molecule has 0 unspecified atom stereocenters. The molecule has 5 rings (SSSR count). The molecule has 1 amide bonds. The Morgan fingerprint density at radius 2 is 1.86 bits per heavy atom. The lowest BCUT2D eigenvalue weighted by atomic mass is 9.96. The Bertz CT molecular complexity index is 1360. The van der Waals surface area contributed by atoms with Gasteiger partial charge in [0.05, 0.1) is 16.4 Å². The fraction of sp³-hybridized carbons (Fsp3) is 0.222. The highest BCUT2D eigenvalue weighted by Crippen LogP contribution is 2.30. The molecule has 0 atom stereocenters. The van der Waals surface area contributed by atoms with Gasteiger partial charge in [0.15, 0.2) is 5.65 Å². The summed E-state index contributed by atoms with van der Waals surface area (Å²) >= 11 is 9.99. The number of piperidine rings is 1. The van der Waals surface area contributed by atoms with Crippen molar-refractivity contribution < 1.29 is 4.79 Å². The predicted molar refractivity (Wildman–Crippen MR) is 144 cm³/mol. The zero-order chi connectivity index (χ0) is 24.2. The van der Waals surface area contributed by atoms with E-state index in [9.17, 15) is 4.79 Å². The minimum absolute atomic E-state index is 0.0712. The lowest BCUT2D eigenvalue weighted by Crippen LogP contribution is -2.39. The highest BCUT2D eigenvalue weighted by Gasteiger charge is 2.22. The van der Waals surface area contributed by atoms with Crippen LogP contribution in [0.15, 0.2) is 77.4 Å². The van der Waals surface area contributed by atoms with Crippen molar-refractivity contribution in [1.29, 1.82) is 0 Å². The first-order valence-corrected chi connectivity index (χ1v) is 12.8. The molecule has 3 heterocycles. The maximum Gasteiger partial charge on any atom is 0.246 e. The molecule has 1 aliphatic heterocycles. The molecule has 8 heteroatoms. The van der Waals surface area contributed by atoms with Crippen LogP contribution in [0.4, 0.5) is 5.82 Å². The number of amides is 1. The SMILES string of the molecule is O=C(C=Cc1ccccc1)N1CCC(CNc2cc(-c3ccccc3Cl)nc3c(Br)cnn23)CC1. The Kier molecular flexibility index (Phi) is 7.16. The summed E-state index contributed by atoms with van der Waals surface area (Å²) in [5.74, 6) is 1.39. The second kappa shape index (κ2) is 10.6. The number of nitrogens with zero attached hydrogens (tertiary/aromatic N) is 4. The summed E-state index contributed by atoms with van der Waals surface area (Å²) in [6.07, 6.45) is 7.20. The van der Waals surface area contributed by atoms with Crippen LogP contribution in [0.25, 0.3) is 23.0 Å². The third-order valence-corrected chi connectivity index (χ3v) is 7.18. The van der Waals surface area contributed by atoms with Crippen LogP contribution in [0.5, 0.6) is 0 Å². The molecule has 2 aromatic carbocycles. The van der Waals surface area contributed by atoms with Gasteiger partial charge in [0.2, 0.25) is 5.91 Å². The number of benzene rings is 2. The molecule has 1 N–H and O–H groups in total. The molecule has 1 saturated heterocycles. The number of halogens is 2. The lowest BCUT2D eigenvalue weighted by molar-refractivity contribution is -0.127. The maximum atomic E-state index is 12.6. The molecule has 1 aliphatic rings. The van der Waals surface area contributed by atoms with E-state index in [1.54, 1.807) is 16.8 Å². The van der Waals surface area contributed by atoms with Gasteiger partial charge in [-0.05, 0) is 52.4 Å². The van der Waals surface area contributed by atoms with Crippen LogP contribution in [0.1, 0.15) is 18.4 Å². The van der Waals surface area contributed by atoms with Gasteiger partial charge in [-0.25, -0.2) is 4.98 Å². The van der Waals surface area contributed by atoms with Crippen molar-refractivity contribution >= 4 is 51.0 Å². The van der Waals surface area contributed by atoms with Crippen molar-refractivity contribution in [3.63, 3.8) is 0 Å². The summed E-state index contributed by atoms with van der Waals surface area (Å²) in [5.41, 5.74) is 3.43. The van der Waals surface area contributed by atoms with Crippen molar-refractivity contribution in [3.05, 3.63) is 88.0 Å². The number of aromatic nitrogens is 3. The number of carbonyl (C=O) groups is 1. The molecule has 35 heavy (non-hydrogen) atoms. The van der Waals surface area contributed by atoms with Gasteiger partial charge < -0.3 is 10.2 Å². The summed E-state index contributed by atoms with van der Waals surface area (Å²) in [6.45, 7) is 2.31. The van der Waals surface area contributed by atoms with Gasteiger partial charge in [-0.15, -0.1) is 0 Å². The Morgan fingerprint density at radius 1 is 1.11 bits per heavy atom. The number of anilines is 1. The van der Waals surface area contributed by atoms with E-state index in [0.29, 0.717) is 10.9 Å². The van der Waals surface area contributed by atoms with Gasteiger partial charge in [-0.2, -0.15) is 9.61 Å². The monoisotopic (exact) mass is 549 g/mol. The van der Waals surface area contributed by atoms with Crippen molar-refractivity contribution in [2.45, 2.75) is 12.8 Å². The lowest BCUT2D eigenvalue weighted by Gasteiger charge is -2.31. The number of fused-ring (bicyclic) bond motifs is 1. The molecular weight excluding hydrogens is 526 g/mol. The molecular formula is C27H25BrClN5O. The van der Waals surface area contributed by atoms with Gasteiger partial charge in [0.1, 0.15) is 5.82 Å². The molecule has 1 fully saturated rings. The zero-order valence-corrected chi connectivity index (χ0v) is 21.4. The minimum Gasteiger partial charge on any atom is -0.370 e. The van der Waals surface area contributed by atoms with Gasteiger partial charge in [-0.1, -0.05) is 60.1 Å². The Labute approximate surface area is 217 Å². The van der Waals surface area contributed by atoms with Crippen LogP contribution in [-0.2, 0) is 4.79 Å². The standard InChI is InChI=1S/C27H25BrClN5O/c28-22-18-31-34-25(16-24(32-27(22)34)21-8-4-5-9-23(21)29)30-17-20-12-14-33(15-13-20)26(35)11-10-19-6-2-1-3-7-19/h1-11,16,18,20,30H,12-15,17H2. The smallest absolute Gasteiger partial charge is 0.246 e. The van der Waals surface area contributed by atoms with E-state index >= 15 is 0 Å². The first-order chi connectivity index (χ1) is 17.1. The fourth-order valence-electron chi connectivity index (χ4n) is 4.31. The first kappa shape index (κ1) is 23.6. The van der Waals surface area contributed by atoms with E-state index in [2.05, 4.69) is 26.3 Å². The third kappa shape index (κ3) is 5.41. The Morgan fingerprint density at radius 3 is 2.63 bits per heavy atom.